The third kappa shape index (κ3) is 3.74. The highest BCUT2D eigenvalue weighted by Gasteiger charge is 2.34. The fourth-order valence-electron chi connectivity index (χ4n) is 4.24. The summed E-state index contributed by atoms with van der Waals surface area (Å²) in [4.78, 5) is 53.5. The number of aromatic amines is 1. The molecular weight excluding hydrogens is 382 g/mol. The lowest BCUT2D eigenvalue weighted by Gasteiger charge is -2.30. The topological polar surface area (TPSA) is 99.3 Å². The van der Waals surface area contributed by atoms with E-state index in [0.29, 0.717) is 48.7 Å². The molecule has 0 aliphatic carbocycles. The van der Waals surface area contributed by atoms with E-state index in [-0.39, 0.29) is 29.3 Å². The van der Waals surface area contributed by atoms with Crippen molar-refractivity contribution in [2.24, 2.45) is 5.92 Å². The number of likely N-dealkylation sites (tertiary alicyclic amines) is 1. The van der Waals surface area contributed by atoms with Gasteiger partial charge in [-0.15, -0.1) is 0 Å². The zero-order valence-electron chi connectivity index (χ0n) is 17.4. The van der Waals surface area contributed by atoms with Gasteiger partial charge in [0.2, 0.25) is 5.91 Å². The molecule has 2 unspecified atom stereocenters. The van der Waals surface area contributed by atoms with E-state index in [1.165, 1.54) is 0 Å². The molecular formula is C22H27N5O3. The Bertz CT molecular complexity index is 1000. The van der Waals surface area contributed by atoms with Gasteiger partial charge in [0, 0.05) is 42.5 Å². The molecule has 1 fully saturated rings. The Balaban J connectivity index is 1.60. The minimum atomic E-state index is -0.212. The maximum atomic E-state index is 12.8. The number of carbonyl (C=O) groups excluding carboxylic acids is 2. The first-order valence-electron chi connectivity index (χ1n) is 10.6. The summed E-state index contributed by atoms with van der Waals surface area (Å²) in [5.74, 6) is 0.491. The number of aromatic nitrogens is 3. The van der Waals surface area contributed by atoms with Crippen LogP contribution in [0.25, 0.3) is 0 Å². The van der Waals surface area contributed by atoms with Gasteiger partial charge in [-0.05, 0) is 37.8 Å². The predicted octanol–water partition coefficient (Wildman–Crippen LogP) is 2.07. The number of hydrogen-bond acceptors (Lipinski definition) is 5. The van der Waals surface area contributed by atoms with Gasteiger partial charge in [-0.2, -0.15) is 0 Å². The third-order valence-electron chi connectivity index (χ3n) is 6.19. The van der Waals surface area contributed by atoms with E-state index >= 15 is 0 Å². The van der Waals surface area contributed by atoms with Crippen molar-refractivity contribution < 1.29 is 9.59 Å². The average Bonchev–Trinajstić information content (AvgIpc) is 3.27. The van der Waals surface area contributed by atoms with Gasteiger partial charge in [0.1, 0.15) is 5.82 Å². The van der Waals surface area contributed by atoms with Gasteiger partial charge in [-0.3, -0.25) is 19.4 Å². The van der Waals surface area contributed by atoms with Crippen LogP contribution in [0.4, 0.5) is 0 Å². The predicted molar refractivity (Wildman–Crippen MR) is 111 cm³/mol. The van der Waals surface area contributed by atoms with Crippen molar-refractivity contribution in [2.45, 2.75) is 52.1 Å². The quantitative estimate of drug-likeness (QED) is 0.833. The molecule has 4 rings (SSSR count). The van der Waals surface area contributed by atoms with Crippen molar-refractivity contribution in [3.05, 3.63) is 57.5 Å². The van der Waals surface area contributed by atoms with Crippen LogP contribution in [0.1, 0.15) is 66.6 Å². The SMILES string of the molecule is CCC(C)C(=O)N1CCCC1c1nc2c(c(=O)[nH]1)CCN(C(=O)c1ccncc1)C2. The maximum Gasteiger partial charge on any atom is 0.254 e. The Morgan fingerprint density at radius 1 is 1.27 bits per heavy atom. The van der Waals surface area contributed by atoms with Crippen molar-refractivity contribution in [1.82, 2.24) is 24.8 Å². The van der Waals surface area contributed by atoms with Crippen LogP contribution in [0.15, 0.2) is 29.3 Å². The molecule has 0 bridgehead atoms. The molecule has 0 aromatic carbocycles. The monoisotopic (exact) mass is 409 g/mol. The molecule has 0 spiro atoms. The zero-order valence-corrected chi connectivity index (χ0v) is 17.4. The number of hydrogen-bond donors (Lipinski definition) is 1. The Morgan fingerprint density at radius 2 is 2.03 bits per heavy atom. The smallest absolute Gasteiger partial charge is 0.254 e. The second-order valence-electron chi connectivity index (χ2n) is 8.09. The summed E-state index contributed by atoms with van der Waals surface area (Å²) in [6, 6.07) is 3.16. The second kappa shape index (κ2) is 8.38. The number of pyridine rings is 1. The molecule has 2 amide bonds. The molecule has 1 saturated heterocycles. The van der Waals surface area contributed by atoms with Gasteiger partial charge < -0.3 is 14.8 Å². The molecule has 2 aromatic heterocycles. The van der Waals surface area contributed by atoms with Crippen molar-refractivity contribution in [1.29, 1.82) is 0 Å². The van der Waals surface area contributed by atoms with E-state index < -0.39 is 0 Å². The molecule has 1 N–H and O–H groups in total. The number of fused-ring (bicyclic) bond motifs is 1. The number of nitrogens with zero attached hydrogens (tertiary/aromatic N) is 4. The van der Waals surface area contributed by atoms with Crippen LogP contribution in [-0.4, -0.2) is 49.7 Å². The molecule has 30 heavy (non-hydrogen) atoms. The van der Waals surface area contributed by atoms with E-state index in [9.17, 15) is 14.4 Å². The molecule has 2 aliphatic rings. The molecule has 0 radical (unpaired) electrons. The van der Waals surface area contributed by atoms with Crippen LogP contribution in [-0.2, 0) is 17.8 Å². The third-order valence-corrected chi connectivity index (χ3v) is 6.19. The molecule has 2 aliphatic heterocycles. The summed E-state index contributed by atoms with van der Waals surface area (Å²) < 4.78 is 0. The number of rotatable bonds is 4. The highest BCUT2D eigenvalue weighted by Crippen LogP contribution is 2.32. The second-order valence-corrected chi connectivity index (χ2v) is 8.09. The summed E-state index contributed by atoms with van der Waals surface area (Å²) in [6.07, 6.45) is 6.10. The normalized spacial score (nSPS) is 19.5. The number of H-pyrrole nitrogens is 1. The first-order chi connectivity index (χ1) is 14.5. The van der Waals surface area contributed by atoms with Crippen LogP contribution < -0.4 is 5.56 Å². The molecule has 2 aromatic rings. The van der Waals surface area contributed by atoms with Gasteiger partial charge in [-0.25, -0.2) is 4.98 Å². The summed E-state index contributed by atoms with van der Waals surface area (Å²) in [7, 11) is 0. The molecule has 8 nitrogen and oxygen atoms in total. The molecule has 8 heteroatoms. The van der Waals surface area contributed by atoms with Crippen molar-refractivity contribution >= 4 is 11.8 Å². The number of nitrogens with one attached hydrogen (secondary N) is 1. The average molecular weight is 409 g/mol. The van der Waals surface area contributed by atoms with E-state index in [2.05, 4.69) is 9.97 Å². The fourth-order valence-corrected chi connectivity index (χ4v) is 4.24. The molecule has 2 atom stereocenters. The Labute approximate surface area is 175 Å². The van der Waals surface area contributed by atoms with Gasteiger partial charge >= 0.3 is 0 Å². The highest BCUT2D eigenvalue weighted by atomic mass is 16.2. The summed E-state index contributed by atoms with van der Waals surface area (Å²) >= 11 is 0. The van der Waals surface area contributed by atoms with Crippen molar-refractivity contribution in [3.63, 3.8) is 0 Å². The number of carbonyl (C=O) groups is 2. The minimum Gasteiger partial charge on any atom is -0.332 e. The highest BCUT2D eigenvalue weighted by molar-refractivity contribution is 5.94. The van der Waals surface area contributed by atoms with Gasteiger partial charge in [0.25, 0.3) is 11.5 Å². The van der Waals surface area contributed by atoms with E-state index in [4.69, 9.17) is 4.98 Å². The zero-order chi connectivity index (χ0) is 21.3. The van der Waals surface area contributed by atoms with E-state index in [1.807, 2.05) is 18.7 Å². The van der Waals surface area contributed by atoms with Gasteiger partial charge in [-0.1, -0.05) is 13.8 Å². The minimum absolute atomic E-state index is 0.0524. The summed E-state index contributed by atoms with van der Waals surface area (Å²) in [5.41, 5.74) is 1.68. The Kier molecular flexibility index (Phi) is 5.65. The van der Waals surface area contributed by atoms with Crippen LogP contribution in [0.2, 0.25) is 0 Å². The largest absolute Gasteiger partial charge is 0.332 e. The van der Waals surface area contributed by atoms with Crippen molar-refractivity contribution in [2.75, 3.05) is 13.1 Å². The first kappa shape index (κ1) is 20.3. The van der Waals surface area contributed by atoms with Crippen LogP contribution in [0.3, 0.4) is 0 Å². The molecule has 158 valence electrons. The van der Waals surface area contributed by atoms with Crippen LogP contribution in [0, 0.1) is 5.92 Å². The Morgan fingerprint density at radius 3 is 2.77 bits per heavy atom. The number of amides is 2. The van der Waals surface area contributed by atoms with E-state index in [0.717, 1.165) is 19.3 Å². The van der Waals surface area contributed by atoms with E-state index in [1.54, 1.807) is 29.4 Å². The maximum absolute atomic E-state index is 12.8. The van der Waals surface area contributed by atoms with Gasteiger partial charge in [0.05, 0.1) is 18.3 Å². The lowest BCUT2D eigenvalue weighted by atomic mass is 10.0. The van der Waals surface area contributed by atoms with Gasteiger partial charge in [0.15, 0.2) is 0 Å². The lowest BCUT2D eigenvalue weighted by Crippen LogP contribution is -2.40. The first-order valence-corrected chi connectivity index (χ1v) is 10.6. The van der Waals surface area contributed by atoms with Crippen LogP contribution in [0.5, 0.6) is 0 Å². The van der Waals surface area contributed by atoms with Crippen molar-refractivity contribution in [3.8, 4) is 0 Å². The Hall–Kier alpha value is -3.03. The van der Waals surface area contributed by atoms with Crippen LogP contribution >= 0.6 is 0 Å². The lowest BCUT2D eigenvalue weighted by molar-refractivity contribution is -0.136. The summed E-state index contributed by atoms with van der Waals surface area (Å²) in [5, 5.41) is 0. The molecule has 0 saturated carbocycles. The summed E-state index contributed by atoms with van der Waals surface area (Å²) in [6.45, 7) is 5.38. The molecule has 4 heterocycles. The fraction of sp³-hybridized carbons (Fsp3) is 0.500. The standard InChI is InChI=1S/C22H27N5O3/c1-3-14(2)21(29)27-11-4-5-18(27)19-24-17-13-26(12-8-16(17)20(28)25-19)22(30)15-6-9-23-10-7-15/h6-7,9-10,14,18H,3-5,8,11-13H2,1-2H3,(H,24,25,28).